The second-order valence-electron chi connectivity index (χ2n) is 4.13. The van der Waals surface area contributed by atoms with Gasteiger partial charge in [-0.15, -0.1) is 0 Å². The Kier molecular flexibility index (Phi) is 4.79. The summed E-state index contributed by atoms with van der Waals surface area (Å²) in [7, 11) is 0. The first-order valence-electron chi connectivity index (χ1n) is 5.39. The standard InChI is InChI=1S/C12H18N2O2/c1-9(2)8-16-11-5-3-10(4-6-11)7-14-12(13)15/h3-6,9H,7-8H2,1-2H3,(H3,13,14,15)/p+1. The van der Waals surface area contributed by atoms with Gasteiger partial charge in [-0.1, -0.05) is 26.0 Å². The van der Waals surface area contributed by atoms with Crippen molar-refractivity contribution in [2.45, 2.75) is 20.4 Å². The van der Waals surface area contributed by atoms with Crippen molar-refractivity contribution in [3.8, 4) is 5.75 Å². The summed E-state index contributed by atoms with van der Waals surface area (Å²) >= 11 is 0. The molecule has 1 aromatic carbocycles. The number of amides is 2. The van der Waals surface area contributed by atoms with E-state index in [0.717, 1.165) is 17.9 Å². The molecule has 2 amide bonds. The fourth-order valence-electron chi connectivity index (χ4n) is 1.17. The van der Waals surface area contributed by atoms with Crippen molar-refractivity contribution in [2.75, 3.05) is 6.61 Å². The predicted molar refractivity (Wildman–Crippen MR) is 61.9 cm³/mol. The van der Waals surface area contributed by atoms with Crippen LogP contribution in [0.25, 0.3) is 0 Å². The largest absolute Gasteiger partial charge is 0.493 e. The fraction of sp³-hybridized carbons (Fsp3) is 0.417. The van der Waals surface area contributed by atoms with E-state index in [1.165, 1.54) is 0 Å². The second kappa shape index (κ2) is 6.12. The SMILES string of the molecule is CC(C)COc1ccc(CNC([NH3+])=O)cc1. The van der Waals surface area contributed by atoms with E-state index in [1.54, 1.807) is 0 Å². The number of rotatable bonds is 5. The number of carbonyl (C=O) groups is 1. The van der Waals surface area contributed by atoms with Crippen LogP contribution in [-0.4, -0.2) is 12.6 Å². The number of hydrogen-bond acceptors (Lipinski definition) is 2. The zero-order valence-corrected chi connectivity index (χ0v) is 9.82. The maximum atomic E-state index is 10.6. The minimum atomic E-state index is -0.264. The summed E-state index contributed by atoms with van der Waals surface area (Å²) < 4.78 is 5.55. The molecule has 0 aliphatic rings. The third-order valence-electron chi connectivity index (χ3n) is 2.00. The second-order valence-corrected chi connectivity index (χ2v) is 4.13. The smallest absolute Gasteiger partial charge is 0.411 e. The highest BCUT2D eigenvalue weighted by molar-refractivity contribution is 5.61. The summed E-state index contributed by atoms with van der Waals surface area (Å²) in [6.45, 7) is 5.44. The molecule has 4 N–H and O–H groups in total. The van der Waals surface area contributed by atoms with Gasteiger partial charge in [0, 0.05) is 6.54 Å². The highest BCUT2D eigenvalue weighted by atomic mass is 16.5. The predicted octanol–water partition coefficient (Wildman–Crippen LogP) is 1.17. The minimum absolute atomic E-state index is 0.264. The highest BCUT2D eigenvalue weighted by Crippen LogP contribution is 2.12. The Labute approximate surface area is 95.8 Å². The van der Waals surface area contributed by atoms with Gasteiger partial charge >= 0.3 is 6.03 Å². The van der Waals surface area contributed by atoms with Crippen LogP contribution < -0.4 is 15.8 Å². The zero-order valence-electron chi connectivity index (χ0n) is 9.82. The molecule has 0 saturated carbocycles. The van der Waals surface area contributed by atoms with E-state index in [2.05, 4.69) is 24.9 Å². The highest BCUT2D eigenvalue weighted by Gasteiger charge is 1.99. The van der Waals surface area contributed by atoms with Crippen LogP contribution in [-0.2, 0) is 6.54 Å². The fourth-order valence-corrected chi connectivity index (χ4v) is 1.17. The summed E-state index contributed by atoms with van der Waals surface area (Å²) in [5.74, 6) is 1.38. The molecular weight excluding hydrogens is 204 g/mol. The van der Waals surface area contributed by atoms with Crippen molar-refractivity contribution in [3.05, 3.63) is 29.8 Å². The van der Waals surface area contributed by atoms with Gasteiger partial charge in [-0.3, -0.25) is 5.73 Å². The minimum Gasteiger partial charge on any atom is -0.493 e. The lowest BCUT2D eigenvalue weighted by atomic mass is 10.2. The molecule has 0 aliphatic carbocycles. The quantitative estimate of drug-likeness (QED) is 0.787. The summed E-state index contributed by atoms with van der Waals surface area (Å²) in [5.41, 5.74) is 4.28. The van der Waals surface area contributed by atoms with E-state index >= 15 is 0 Å². The zero-order chi connectivity index (χ0) is 12.0. The van der Waals surface area contributed by atoms with Crippen LogP contribution in [0.4, 0.5) is 4.79 Å². The molecule has 0 fully saturated rings. The molecule has 0 unspecified atom stereocenters. The van der Waals surface area contributed by atoms with Crippen LogP contribution >= 0.6 is 0 Å². The van der Waals surface area contributed by atoms with Gasteiger partial charge in [0.05, 0.1) is 6.61 Å². The van der Waals surface area contributed by atoms with Crippen molar-refractivity contribution >= 4 is 6.03 Å². The monoisotopic (exact) mass is 223 g/mol. The Morgan fingerprint density at radius 2 is 2.00 bits per heavy atom. The molecule has 1 rings (SSSR count). The van der Waals surface area contributed by atoms with Crippen molar-refractivity contribution < 1.29 is 15.3 Å². The maximum Gasteiger partial charge on any atom is 0.411 e. The molecular formula is C12H19N2O2+. The summed E-state index contributed by atoms with van der Waals surface area (Å²) in [5, 5.41) is 2.64. The van der Waals surface area contributed by atoms with Crippen molar-refractivity contribution in [3.63, 3.8) is 0 Å². The summed E-state index contributed by atoms with van der Waals surface area (Å²) in [6, 6.07) is 7.43. The lowest BCUT2D eigenvalue weighted by molar-refractivity contribution is -0.251. The molecule has 4 nitrogen and oxygen atoms in total. The van der Waals surface area contributed by atoms with Gasteiger partial charge in [-0.2, -0.15) is 0 Å². The number of urea groups is 1. The number of nitrogens with one attached hydrogen (secondary N) is 1. The normalized spacial score (nSPS) is 10.2. The van der Waals surface area contributed by atoms with Gasteiger partial charge in [-0.25, -0.2) is 4.79 Å². The Hall–Kier alpha value is -1.55. The van der Waals surface area contributed by atoms with Crippen LogP contribution in [0, 0.1) is 5.92 Å². The van der Waals surface area contributed by atoms with E-state index in [1.807, 2.05) is 24.3 Å². The van der Waals surface area contributed by atoms with Crippen LogP contribution in [0.1, 0.15) is 19.4 Å². The van der Waals surface area contributed by atoms with E-state index in [9.17, 15) is 4.79 Å². The Morgan fingerprint density at radius 1 is 1.38 bits per heavy atom. The summed E-state index contributed by atoms with van der Waals surface area (Å²) in [6.07, 6.45) is 0. The average Bonchev–Trinajstić information content (AvgIpc) is 2.25. The Morgan fingerprint density at radius 3 is 2.50 bits per heavy atom. The number of ether oxygens (including phenoxy) is 1. The van der Waals surface area contributed by atoms with E-state index in [0.29, 0.717) is 12.5 Å². The number of benzene rings is 1. The molecule has 0 aliphatic heterocycles. The topological polar surface area (TPSA) is 66.0 Å². The maximum absolute atomic E-state index is 10.6. The molecule has 0 heterocycles. The van der Waals surface area contributed by atoms with Crippen LogP contribution in [0.3, 0.4) is 0 Å². The summed E-state index contributed by atoms with van der Waals surface area (Å²) in [4.78, 5) is 10.6. The van der Waals surface area contributed by atoms with E-state index in [-0.39, 0.29) is 6.03 Å². The van der Waals surface area contributed by atoms with E-state index in [4.69, 9.17) is 4.74 Å². The van der Waals surface area contributed by atoms with Crippen molar-refractivity contribution in [2.24, 2.45) is 5.92 Å². The average molecular weight is 223 g/mol. The van der Waals surface area contributed by atoms with Gasteiger partial charge in [-0.05, 0) is 23.6 Å². The third kappa shape index (κ3) is 4.79. The molecule has 0 atom stereocenters. The molecule has 1 aromatic rings. The van der Waals surface area contributed by atoms with Gasteiger partial charge in [0.25, 0.3) is 0 Å². The van der Waals surface area contributed by atoms with Crippen LogP contribution in [0.2, 0.25) is 0 Å². The van der Waals surface area contributed by atoms with Gasteiger partial charge in [0.15, 0.2) is 0 Å². The van der Waals surface area contributed by atoms with Gasteiger partial charge < -0.3 is 10.1 Å². The van der Waals surface area contributed by atoms with Crippen LogP contribution in [0.15, 0.2) is 24.3 Å². The van der Waals surface area contributed by atoms with Crippen molar-refractivity contribution in [1.82, 2.24) is 5.32 Å². The molecule has 0 aromatic heterocycles. The molecule has 4 heteroatoms. The first-order valence-corrected chi connectivity index (χ1v) is 5.39. The van der Waals surface area contributed by atoms with Gasteiger partial charge in [0.1, 0.15) is 5.75 Å². The first-order chi connectivity index (χ1) is 7.58. The van der Waals surface area contributed by atoms with Gasteiger partial charge in [0.2, 0.25) is 0 Å². The molecule has 16 heavy (non-hydrogen) atoms. The molecule has 0 spiro atoms. The lowest BCUT2D eigenvalue weighted by Gasteiger charge is -2.09. The lowest BCUT2D eigenvalue weighted by Crippen LogP contribution is -2.62. The Bertz CT molecular complexity index is 333. The first kappa shape index (κ1) is 12.5. The molecule has 0 radical (unpaired) electrons. The number of carbonyl (C=O) groups excluding carboxylic acids is 1. The molecule has 0 bridgehead atoms. The van der Waals surface area contributed by atoms with Crippen molar-refractivity contribution in [1.29, 1.82) is 0 Å². The molecule has 0 saturated heterocycles. The Balaban J connectivity index is 2.44. The number of quaternary nitrogens is 1. The van der Waals surface area contributed by atoms with Crippen LogP contribution in [0.5, 0.6) is 5.75 Å². The van der Waals surface area contributed by atoms with E-state index < -0.39 is 0 Å². The third-order valence-corrected chi connectivity index (χ3v) is 2.00. The number of hydrogen-bond donors (Lipinski definition) is 2. The molecule has 88 valence electrons.